The van der Waals surface area contributed by atoms with E-state index in [1.54, 1.807) is 10.9 Å². The van der Waals surface area contributed by atoms with Gasteiger partial charge in [0, 0.05) is 6.61 Å². The van der Waals surface area contributed by atoms with Crippen LogP contribution in [0.15, 0.2) is 6.33 Å². The van der Waals surface area contributed by atoms with Crippen LogP contribution in [0.2, 0.25) is 5.28 Å². The quantitative estimate of drug-likeness (QED) is 0.434. The van der Waals surface area contributed by atoms with E-state index in [1.807, 2.05) is 0 Å². The summed E-state index contributed by atoms with van der Waals surface area (Å²) < 4.78 is 29.0. The Hall–Kier alpha value is -1.33. The molecule has 0 spiro atoms. The molecule has 4 rings (SSSR count). The molecular formula is C15H21ClN5O6P. The number of nitrogens with one attached hydrogen (secondary N) is 1. The van der Waals surface area contributed by atoms with Crippen molar-refractivity contribution in [2.24, 2.45) is 0 Å². The topological polar surface area (TPSA) is 141 Å². The van der Waals surface area contributed by atoms with Crippen LogP contribution in [0.4, 0.5) is 5.82 Å². The van der Waals surface area contributed by atoms with E-state index in [1.165, 1.54) is 0 Å². The van der Waals surface area contributed by atoms with Gasteiger partial charge >= 0.3 is 7.60 Å². The Bertz CT molecular complexity index is 885. The van der Waals surface area contributed by atoms with Gasteiger partial charge in [0.1, 0.15) is 12.6 Å². The Labute approximate surface area is 165 Å². The molecule has 2 aliphatic heterocycles. The molecule has 2 aromatic heterocycles. The summed E-state index contributed by atoms with van der Waals surface area (Å²) in [5, 5.41) is 3.41. The van der Waals surface area contributed by atoms with Crippen LogP contribution >= 0.6 is 19.2 Å². The van der Waals surface area contributed by atoms with Crippen LogP contribution in [0.3, 0.4) is 0 Å². The van der Waals surface area contributed by atoms with E-state index in [0.717, 1.165) is 6.42 Å². The van der Waals surface area contributed by atoms with E-state index >= 15 is 0 Å². The molecule has 0 saturated carbocycles. The summed E-state index contributed by atoms with van der Waals surface area (Å²) in [6.07, 6.45) is 2.70. The minimum Gasteiger partial charge on any atom is -0.379 e. The van der Waals surface area contributed by atoms with Gasteiger partial charge in [-0.2, -0.15) is 9.97 Å². The number of hydrogen-bond donors (Lipinski definition) is 3. The third-order valence-electron chi connectivity index (χ3n) is 4.62. The van der Waals surface area contributed by atoms with E-state index in [0.29, 0.717) is 43.0 Å². The Kier molecular flexibility index (Phi) is 5.84. The average molecular weight is 434 g/mol. The minimum absolute atomic E-state index is 0.107. The number of rotatable bonds is 7. The molecule has 1 unspecified atom stereocenters. The summed E-state index contributed by atoms with van der Waals surface area (Å²) >= 11 is 6.12. The maximum absolute atomic E-state index is 10.9. The van der Waals surface area contributed by atoms with Crippen molar-refractivity contribution in [3.63, 3.8) is 0 Å². The molecule has 0 amide bonds. The summed E-state index contributed by atoms with van der Waals surface area (Å²) in [6, 6.07) is 0.151. The number of hydrogen-bond acceptors (Lipinski definition) is 8. The van der Waals surface area contributed by atoms with Crippen molar-refractivity contribution in [1.29, 1.82) is 0 Å². The van der Waals surface area contributed by atoms with Crippen LogP contribution in [0.25, 0.3) is 11.2 Å². The third-order valence-corrected chi connectivity index (χ3v) is 5.31. The highest BCUT2D eigenvalue weighted by Crippen LogP contribution is 2.36. The highest BCUT2D eigenvalue weighted by Gasteiger charge is 2.30. The number of nitrogens with zero attached hydrogens (tertiary/aromatic N) is 4. The molecule has 2 aromatic rings. The maximum Gasteiger partial charge on any atom is 0.350 e. The Morgan fingerprint density at radius 3 is 2.96 bits per heavy atom. The molecule has 154 valence electrons. The molecule has 0 aromatic carbocycles. The molecule has 3 atom stereocenters. The van der Waals surface area contributed by atoms with Gasteiger partial charge in [0.15, 0.2) is 17.0 Å². The average Bonchev–Trinajstić information content (AvgIpc) is 3.33. The lowest BCUT2D eigenvalue weighted by Gasteiger charge is -2.16. The van der Waals surface area contributed by atoms with E-state index in [2.05, 4.69) is 20.3 Å². The fourth-order valence-electron chi connectivity index (χ4n) is 3.36. The molecule has 4 heterocycles. The van der Waals surface area contributed by atoms with Crippen molar-refractivity contribution in [2.45, 2.75) is 37.6 Å². The number of fused-ring (bicyclic) bond motifs is 1. The predicted octanol–water partition coefficient (Wildman–Crippen LogP) is 1.51. The van der Waals surface area contributed by atoms with Gasteiger partial charge in [-0.1, -0.05) is 0 Å². The molecule has 28 heavy (non-hydrogen) atoms. The van der Waals surface area contributed by atoms with Crippen LogP contribution in [0.1, 0.15) is 25.5 Å². The third kappa shape index (κ3) is 4.62. The number of aromatic nitrogens is 4. The first-order valence-corrected chi connectivity index (χ1v) is 11.1. The van der Waals surface area contributed by atoms with Crippen LogP contribution in [-0.2, 0) is 18.8 Å². The first kappa shape index (κ1) is 20.0. The largest absolute Gasteiger partial charge is 0.379 e. The van der Waals surface area contributed by atoms with Gasteiger partial charge in [-0.15, -0.1) is 0 Å². The predicted molar refractivity (Wildman–Crippen MR) is 99.2 cm³/mol. The van der Waals surface area contributed by atoms with Gasteiger partial charge in [-0.25, -0.2) is 4.98 Å². The summed E-state index contributed by atoms with van der Waals surface area (Å²) in [6.45, 7) is 1.42. The van der Waals surface area contributed by atoms with Crippen molar-refractivity contribution < 1.29 is 28.6 Å². The van der Waals surface area contributed by atoms with Crippen LogP contribution < -0.4 is 5.32 Å². The van der Waals surface area contributed by atoms with Gasteiger partial charge in [-0.05, 0) is 30.9 Å². The zero-order valence-electron chi connectivity index (χ0n) is 14.9. The molecule has 0 radical (unpaired) electrons. The van der Waals surface area contributed by atoms with Gasteiger partial charge in [0.2, 0.25) is 5.28 Å². The zero-order chi connectivity index (χ0) is 19.7. The number of imidazole rings is 1. The number of halogens is 1. The summed E-state index contributed by atoms with van der Waals surface area (Å²) in [4.78, 5) is 30.7. The van der Waals surface area contributed by atoms with Crippen molar-refractivity contribution >= 4 is 36.2 Å². The lowest BCUT2D eigenvalue weighted by atomic mass is 10.2. The summed E-state index contributed by atoms with van der Waals surface area (Å²) in [7, 11) is -4.18. The second kappa shape index (κ2) is 8.19. The minimum atomic E-state index is -4.18. The van der Waals surface area contributed by atoms with Crippen molar-refractivity contribution in [3.05, 3.63) is 11.6 Å². The second-order valence-corrected chi connectivity index (χ2v) is 8.75. The number of ether oxygens (including phenoxy) is 3. The molecule has 11 nitrogen and oxygen atoms in total. The Balaban J connectivity index is 1.47. The monoisotopic (exact) mass is 433 g/mol. The highest BCUT2D eigenvalue weighted by molar-refractivity contribution is 7.51. The first-order valence-electron chi connectivity index (χ1n) is 8.91. The highest BCUT2D eigenvalue weighted by atomic mass is 35.5. The molecular weight excluding hydrogens is 413 g/mol. The van der Waals surface area contributed by atoms with E-state index in [-0.39, 0.29) is 30.3 Å². The zero-order valence-corrected chi connectivity index (χ0v) is 16.6. The molecule has 2 saturated heterocycles. The van der Waals surface area contributed by atoms with E-state index < -0.39 is 13.9 Å². The fourth-order valence-corrected chi connectivity index (χ4v) is 3.87. The summed E-state index contributed by atoms with van der Waals surface area (Å²) in [5.74, 6) is 0.559. The van der Waals surface area contributed by atoms with Crippen LogP contribution in [0, 0.1) is 0 Å². The Morgan fingerprint density at radius 1 is 1.36 bits per heavy atom. The molecule has 2 aliphatic rings. The molecule has 3 N–H and O–H groups in total. The second-order valence-electron chi connectivity index (χ2n) is 6.82. The van der Waals surface area contributed by atoms with Crippen molar-refractivity contribution in [1.82, 2.24) is 19.5 Å². The number of anilines is 1. The fraction of sp³-hybridized carbons (Fsp3) is 0.667. The SMILES string of the molecule is O=P(O)(O)COC[C@@H]1CCC(n2cnc3c(N[C@@H]4CCOC4)nc(Cl)nc32)O1. The maximum atomic E-state index is 10.9. The van der Waals surface area contributed by atoms with Gasteiger partial charge in [-0.3, -0.25) is 9.13 Å². The first-order chi connectivity index (χ1) is 13.4. The van der Waals surface area contributed by atoms with Crippen molar-refractivity contribution in [3.8, 4) is 0 Å². The van der Waals surface area contributed by atoms with Gasteiger partial charge < -0.3 is 29.3 Å². The molecule has 0 bridgehead atoms. The Morgan fingerprint density at radius 2 is 2.21 bits per heavy atom. The summed E-state index contributed by atoms with van der Waals surface area (Å²) in [5.41, 5.74) is 1.16. The normalized spacial score (nSPS) is 25.6. The lowest BCUT2D eigenvalue weighted by molar-refractivity contribution is -0.0344. The lowest BCUT2D eigenvalue weighted by Crippen LogP contribution is -2.20. The van der Waals surface area contributed by atoms with Crippen LogP contribution in [0.5, 0.6) is 0 Å². The van der Waals surface area contributed by atoms with E-state index in [9.17, 15) is 4.57 Å². The standard InChI is InChI=1S/C15H21ClN5O6P/c16-15-19-13(18-9-3-4-25-5-9)12-14(20-15)21(7-17-12)11-2-1-10(27-11)6-26-8-28(22,23)24/h7,9-11H,1-6,8H2,(H,18,19,20)(H2,22,23,24)/t9-,10+,11?/m1/s1. The van der Waals surface area contributed by atoms with Gasteiger partial charge in [0.05, 0.1) is 31.7 Å². The van der Waals surface area contributed by atoms with Crippen LogP contribution in [-0.4, -0.2) is 67.6 Å². The molecule has 0 aliphatic carbocycles. The van der Waals surface area contributed by atoms with Gasteiger partial charge in [0.25, 0.3) is 0 Å². The molecule has 2 fully saturated rings. The van der Waals surface area contributed by atoms with E-state index in [4.69, 9.17) is 35.6 Å². The molecule has 13 heteroatoms. The van der Waals surface area contributed by atoms with Crippen molar-refractivity contribution in [2.75, 3.05) is 31.5 Å². The smallest absolute Gasteiger partial charge is 0.350 e.